The lowest BCUT2D eigenvalue weighted by Crippen LogP contribution is -2.40. The summed E-state index contributed by atoms with van der Waals surface area (Å²) in [6, 6.07) is 12.1. The largest absolute Gasteiger partial charge is 0.378 e. The molecule has 2 unspecified atom stereocenters. The van der Waals surface area contributed by atoms with Crippen LogP contribution in [0.25, 0.3) is 0 Å². The van der Waals surface area contributed by atoms with Gasteiger partial charge < -0.3 is 14.5 Å². The van der Waals surface area contributed by atoms with Crippen molar-refractivity contribution in [3.8, 4) is 0 Å². The summed E-state index contributed by atoms with van der Waals surface area (Å²) in [6.07, 6.45) is 9.74. The van der Waals surface area contributed by atoms with Crippen LogP contribution in [0.5, 0.6) is 0 Å². The van der Waals surface area contributed by atoms with Crippen LogP contribution >= 0.6 is 0 Å². The van der Waals surface area contributed by atoms with E-state index in [2.05, 4.69) is 54.2 Å². The summed E-state index contributed by atoms with van der Waals surface area (Å²) in [5.41, 5.74) is 2.06. The van der Waals surface area contributed by atoms with E-state index in [1.807, 2.05) is 0 Å². The van der Waals surface area contributed by atoms with Gasteiger partial charge in [-0.05, 0) is 70.0 Å². The van der Waals surface area contributed by atoms with Crippen molar-refractivity contribution >= 4 is 0 Å². The predicted octanol–water partition coefficient (Wildman–Crippen LogP) is 4.15. The van der Waals surface area contributed by atoms with Crippen LogP contribution in [0.2, 0.25) is 0 Å². The van der Waals surface area contributed by atoms with Crippen molar-refractivity contribution in [3.63, 3.8) is 0 Å². The molecule has 0 bridgehead atoms. The molecule has 1 aromatic carbocycles. The van der Waals surface area contributed by atoms with E-state index >= 15 is 0 Å². The maximum Gasteiger partial charge on any atom is 0.0588 e. The Morgan fingerprint density at radius 3 is 2.54 bits per heavy atom. The van der Waals surface area contributed by atoms with E-state index in [0.29, 0.717) is 17.4 Å². The minimum absolute atomic E-state index is 0.490. The molecule has 1 spiro atoms. The lowest BCUT2D eigenvalue weighted by atomic mass is 9.64. The number of rotatable bonds is 5. The summed E-state index contributed by atoms with van der Waals surface area (Å²) in [7, 11) is 4.50. The molecule has 2 saturated heterocycles. The maximum atomic E-state index is 5.87. The van der Waals surface area contributed by atoms with Gasteiger partial charge in [0.25, 0.3) is 0 Å². The molecule has 144 valence electrons. The SMILES string of the molecule is CN(C)C1CCC2(CC1)CN(CCC1CCCO1)CC2c1ccccc1. The van der Waals surface area contributed by atoms with Crippen LogP contribution in [0, 0.1) is 5.41 Å². The van der Waals surface area contributed by atoms with Gasteiger partial charge in [-0.3, -0.25) is 0 Å². The average molecular weight is 357 g/mol. The Kier molecular flexibility index (Phi) is 5.68. The van der Waals surface area contributed by atoms with E-state index in [4.69, 9.17) is 4.74 Å². The van der Waals surface area contributed by atoms with Gasteiger partial charge in [0.15, 0.2) is 0 Å². The Labute approximate surface area is 159 Å². The highest BCUT2D eigenvalue weighted by molar-refractivity contribution is 5.25. The molecular formula is C23H36N2O. The molecular weight excluding hydrogens is 320 g/mol. The van der Waals surface area contributed by atoms with Crippen LogP contribution in [-0.4, -0.2) is 62.3 Å². The minimum Gasteiger partial charge on any atom is -0.378 e. The Morgan fingerprint density at radius 2 is 1.88 bits per heavy atom. The highest BCUT2D eigenvalue weighted by Crippen LogP contribution is 2.52. The number of benzene rings is 1. The minimum atomic E-state index is 0.490. The Hall–Kier alpha value is -0.900. The molecule has 3 fully saturated rings. The molecule has 26 heavy (non-hydrogen) atoms. The summed E-state index contributed by atoms with van der Waals surface area (Å²) in [5, 5.41) is 0. The summed E-state index contributed by atoms with van der Waals surface area (Å²) in [5.74, 6) is 0.705. The number of ether oxygens (including phenoxy) is 1. The summed E-state index contributed by atoms with van der Waals surface area (Å²) in [6.45, 7) is 4.73. The normalized spacial score (nSPS) is 35.6. The monoisotopic (exact) mass is 356 g/mol. The molecule has 1 aliphatic carbocycles. The molecule has 1 saturated carbocycles. The van der Waals surface area contributed by atoms with Crippen molar-refractivity contribution in [1.29, 1.82) is 0 Å². The second kappa shape index (κ2) is 8.00. The third-order valence-corrected chi connectivity index (χ3v) is 7.39. The van der Waals surface area contributed by atoms with Crippen molar-refractivity contribution in [2.75, 3.05) is 40.3 Å². The molecule has 3 heteroatoms. The Morgan fingerprint density at radius 1 is 1.12 bits per heavy atom. The van der Waals surface area contributed by atoms with Gasteiger partial charge in [-0.1, -0.05) is 30.3 Å². The van der Waals surface area contributed by atoms with Crippen LogP contribution in [-0.2, 0) is 4.74 Å². The lowest BCUT2D eigenvalue weighted by Gasteiger charge is -2.43. The van der Waals surface area contributed by atoms with Crippen molar-refractivity contribution < 1.29 is 4.74 Å². The molecule has 0 aromatic heterocycles. The van der Waals surface area contributed by atoms with Gasteiger partial charge in [-0.25, -0.2) is 0 Å². The van der Waals surface area contributed by atoms with Crippen LogP contribution in [0.4, 0.5) is 0 Å². The second-order valence-electron chi connectivity index (χ2n) is 9.18. The molecule has 0 amide bonds. The molecule has 1 aromatic rings. The fraction of sp³-hybridized carbons (Fsp3) is 0.739. The van der Waals surface area contributed by atoms with E-state index in [0.717, 1.165) is 12.6 Å². The third kappa shape index (κ3) is 3.85. The first-order chi connectivity index (χ1) is 12.7. The maximum absolute atomic E-state index is 5.87. The summed E-state index contributed by atoms with van der Waals surface area (Å²) < 4.78 is 5.87. The zero-order valence-electron chi connectivity index (χ0n) is 16.7. The number of nitrogens with zero attached hydrogens (tertiary/aromatic N) is 2. The van der Waals surface area contributed by atoms with E-state index in [1.54, 1.807) is 5.56 Å². The molecule has 3 aliphatic rings. The molecule has 2 atom stereocenters. The van der Waals surface area contributed by atoms with Gasteiger partial charge in [0.2, 0.25) is 0 Å². The number of hydrogen-bond donors (Lipinski definition) is 0. The van der Waals surface area contributed by atoms with E-state index in [9.17, 15) is 0 Å². The van der Waals surface area contributed by atoms with Crippen LogP contribution in [0.1, 0.15) is 56.4 Å². The lowest BCUT2D eigenvalue weighted by molar-refractivity contribution is 0.0872. The molecule has 4 rings (SSSR count). The highest BCUT2D eigenvalue weighted by Gasteiger charge is 2.48. The topological polar surface area (TPSA) is 15.7 Å². The second-order valence-corrected chi connectivity index (χ2v) is 9.18. The van der Waals surface area contributed by atoms with E-state index in [-0.39, 0.29) is 0 Å². The zero-order valence-corrected chi connectivity index (χ0v) is 16.7. The fourth-order valence-corrected chi connectivity index (χ4v) is 5.79. The first-order valence-electron chi connectivity index (χ1n) is 10.7. The van der Waals surface area contributed by atoms with Gasteiger partial charge >= 0.3 is 0 Å². The van der Waals surface area contributed by atoms with Crippen LogP contribution in [0.3, 0.4) is 0 Å². The van der Waals surface area contributed by atoms with Crippen molar-refractivity contribution in [3.05, 3.63) is 35.9 Å². The molecule has 3 nitrogen and oxygen atoms in total. The van der Waals surface area contributed by atoms with Crippen LogP contribution in [0.15, 0.2) is 30.3 Å². The Bertz CT molecular complexity index is 559. The predicted molar refractivity (Wildman–Crippen MR) is 108 cm³/mol. The quantitative estimate of drug-likeness (QED) is 0.788. The third-order valence-electron chi connectivity index (χ3n) is 7.39. The first-order valence-corrected chi connectivity index (χ1v) is 10.7. The number of hydrogen-bond acceptors (Lipinski definition) is 3. The van der Waals surface area contributed by atoms with Gasteiger partial charge in [0.05, 0.1) is 6.10 Å². The van der Waals surface area contributed by atoms with E-state index < -0.39 is 0 Å². The molecule has 0 radical (unpaired) electrons. The van der Waals surface area contributed by atoms with Crippen LogP contribution < -0.4 is 0 Å². The average Bonchev–Trinajstić information content (AvgIpc) is 3.29. The fourth-order valence-electron chi connectivity index (χ4n) is 5.79. The summed E-state index contributed by atoms with van der Waals surface area (Å²) >= 11 is 0. The first kappa shape index (κ1) is 18.5. The summed E-state index contributed by atoms with van der Waals surface area (Å²) in [4.78, 5) is 5.20. The van der Waals surface area contributed by atoms with E-state index in [1.165, 1.54) is 64.6 Å². The molecule has 2 aliphatic heterocycles. The molecule has 2 heterocycles. The van der Waals surface area contributed by atoms with Crippen molar-refractivity contribution in [1.82, 2.24) is 9.80 Å². The van der Waals surface area contributed by atoms with Crippen molar-refractivity contribution in [2.24, 2.45) is 5.41 Å². The van der Waals surface area contributed by atoms with Gasteiger partial charge in [-0.15, -0.1) is 0 Å². The highest BCUT2D eigenvalue weighted by atomic mass is 16.5. The number of likely N-dealkylation sites (tertiary alicyclic amines) is 1. The van der Waals surface area contributed by atoms with Gasteiger partial charge in [-0.2, -0.15) is 0 Å². The van der Waals surface area contributed by atoms with Gasteiger partial charge in [0, 0.05) is 38.2 Å². The molecule has 0 N–H and O–H groups in total. The smallest absolute Gasteiger partial charge is 0.0588 e. The standard InChI is InChI=1S/C23H36N2O/c1-24(2)20-10-13-23(14-11-20)18-25(15-12-21-9-6-16-26-21)17-22(23)19-7-4-3-5-8-19/h3-5,7-8,20-22H,6,9-18H2,1-2H3. The zero-order chi connectivity index (χ0) is 18.0. The van der Waals surface area contributed by atoms with Gasteiger partial charge in [0.1, 0.15) is 0 Å². The Balaban J connectivity index is 1.46. The van der Waals surface area contributed by atoms with Crippen molar-refractivity contribution in [2.45, 2.75) is 63.0 Å².